The van der Waals surface area contributed by atoms with Gasteiger partial charge in [-0.05, 0) is 13.8 Å². The summed E-state index contributed by atoms with van der Waals surface area (Å²) in [4.78, 5) is 24.4. The molecular formula is C10H17N5O3. The van der Waals surface area contributed by atoms with Gasteiger partial charge in [0, 0.05) is 19.6 Å². The van der Waals surface area contributed by atoms with Crippen molar-refractivity contribution in [2.75, 3.05) is 13.1 Å². The standard InChI is InChI=1S/C10H17N5O3/c1-3-14(4-2)8(16)6-15-7(5-11)9(10(17)18)12-13-15/h3-6,11H2,1-2H3,(H,17,18). The van der Waals surface area contributed by atoms with Gasteiger partial charge in [0.25, 0.3) is 0 Å². The van der Waals surface area contributed by atoms with Crippen LogP contribution in [0.25, 0.3) is 0 Å². The number of hydrogen-bond donors (Lipinski definition) is 2. The van der Waals surface area contributed by atoms with E-state index < -0.39 is 5.97 Å². The largest absolute Gasteiger partial charge is 0.476 e. The summed E-state index contributed by atoms with van der Waals surface area (Å²) in [5.41, 5.74) is 5.51. The van der Waals surface area contributed by atoms with E-state index in [0.717, 1.165) is 0 Å². The van der Waals surface area contributed by atoms with Crippen LogP contribution in [0.4, 0.5) is 0 Å². The van der Waals surface area contributed by atoms with Crippen LogP contribution in [0.1, 0.15) is 30.0 Å². The molecule has 100 valence electrons. The van der Waals surface area contributed by atoms with Crippen molar-refractivity contribution >= 4 is 11.9 Å². The molecule has 0 aliphatic heterocycles. The summed E-state index contributed by atoms with van der Waals surface area (Å²) >= 11 is 0. The molecule has 8 heteroatoms. The van der Waals surface area contributed by atoms with Crippen LogP contribution in [-0.2, 0) is 17.9 Å². The first-order chi connectivity index (χ1) is 8.54. The highest BCUT2D eigenvalue weighted by Gasteiger charge is 2.20. The lowest BCUT2D eigenvalue weighted by atomic mass is 10.3. The molecule has 0 saturated carbocycles. The first kappa shape index (κ1) is 14.1. The van der Waals surface area contributed by atoms with Gasteiger partial charge in [-0.25, -0.2) is 9.48 Å². The van der Waals surface area contributed by atoms with Gasteiger partial charge in [-0.15, -0.1) is 5.10 Å². The van der Waals surface area contributed by atoms with Crippen LogP contribution in [0.15, 0.2) is 0 Å². The lowest BCUT2D eigenvalue weighted by Crippen LogP contribution is -2.34. The first-order valence-corrected chi connectivity index (χ1v) is 5.68. The number of rotatable bonds is 6. The Morgan fingerprint density at radius 2 is 2.00 bits per heavy atom. The highest BCUT2D eigenvalue weighted by Crippen LogP contribution is 2.05. The number of carboxylic acids is 1. The number of amides is 1. The van der Waals surface area contributed by atoms with Crippen molar-refractivity contribution in [1.29, 1.82) is 0 Å². The highest BCUT2D eigenvalue weighted by atomic mass is 16.4. The van der Waals surface area contributed by atoms with Crippen LogP contribution in [-0.4, -0.2) is 50.0 Å². The minimum atomic E-state index is -1.20. The van der Waals surface area contributed by atoms with Crippen molar-refractivity contribution in [1.82, 2.24) is 19.9 Å². The fraction of sp³-hybridized carbons (Fsp3) is 0.600. The van der Waals surface area contributed by atoms with Crippen molar-refractivity contribution in [3.63, 3.8) is 0 Å². The number of aromatic carboxylic acids is 1. The zero-order chi connectivity index (χ0) is 13.7. The summed E-state index contributed by atoms with van der Waals surface area (Å²) in [6.07, 6.45) is 0. The first-order valence-electron chi connectivity index (χ1n) is 5.68. The number of likely N-dealkylation sites (N-methyl/N-ethyl adjacent to an activating group) is 1. The van der Waals surface area contributed by atoms with Crippen LogP contribution >= 0.6 is 0 Å². The van der Waals surface area contributed by atoms with Crippen LogP contribution < -0.4 is 5.73 Å². The summed E-state index contributed by atoms with van der Waals surface area (Å²) in [7, 11) is 0. The highest BCUT2D eigenvalue weighted by molar-refractivity contribution is 5.86. The molecule has 1 rings (SSSR count). The van der Waals surface area contributed by atoms with E-state index in [9.17, 15) is 9.59 Å². The molecule has 18 heavy (non-hydrogen) atoms. The van der Waals surface area contributed by atoms with Gasteiger partial charge in [0.05, 0.1) is 5.69 Å². The molecule has 1 aromatic heterocycles. The van der Waals surface area contributed by atoms with Gasteiger partial charge in [0.1, 0.15) is 6.54 Å². The van der Waals surface area contributed by atoms with E-state index in [4.69, 9.17) is 10.8 Å². The summed E-state index contributed by atoms with van der Waals surface area (Å²) in [6.45, 7) is 4.85. The molecule has 0 aromatic carbocycles. The van der Waals surface area contributed by atoms with Gasteiger partial charge in [-0.1, -0.05) is 5.21 Å². The Bertz CT molecular complexity index is 439. The lowest BCUT2D eigenvalue weighted by molar-refractivity contribution is -0.131. The Morgan fingerprint density at radius 1 is 1.39 bits per heavy atom. The molecule has 3 N–H and O–H groups in total. The normalized spacial score (nSPS) is 10.4. The number of aromatic nitrogens is 3. The molecule has 0 unspecified atom stereocenters. The topological polar surface area (TPSA) is 114 Å². The Hall–Kier alpha value is -1.96. The monoisotopic (exact) mass is 255 g/mol. The molecule has 8 nitrogen and oxygen atoms in total. The molecule has 0 saturated heterocycles. The van der Waals surface area contributed by atoms with Crippen LogP contribution in [0.5, 0.6) is 0 Å². The third-order valence-corrected chi connectivity index (χ3v) is 2.63. The van der Waals surface area contributed by atoms with Crippen LogP contribution in [0.3, 0.4) is 0 Å². The average Bonchev–Trinajstić information content (AvgIpc) is 2.73. The van der Waals surface area contributed by atoms with E-state index in [-0.39, 0.29) is 30.4 Å². The van der Waals surface area contributed by atoms with E-state index in [1.54, 1.807) is 4.90 Å². The van der Waals surface area contributed by atoms with Gasteiger partial charge in [-0.3, -0.25) is 4.79 Å². The minimum absolute atomic E-state index is 0.0276. The fourth-order valence-corrected chi connectivity index (χ4v) is 1.63. The summed E-state index contributed by atoms with van der Waals surface area (Å²) < 4.78 is 1.24. The van der Waals surface area contributed by atoms with Gasteiger partial charge >= 0.3 is 5.97 Å². The molecule has 0 fully saturated rings. The Labute approximate surface area is 104 Å². The molecule has 0 radical (unpaired) electrons. The second-order valence-corrected chi connectivity index (χ2v) is 3.62. The van der Waals surface area contributed by atoms with Crippen LogP contribution in [0.2, 0.25) is 0 Å². The predicted octanol–water partition coefficient (Wildman–Crippen LogP) is -0.697. The number of carboxylic acid groups (broad SMARTS) is 1. The third-order valence-electron chi connectivity index (χ3n) is 2.63. The number of nitrogens with zero attached hydrogens (tertiary/aromatic N) is 4. The maximum atomic E-state index is 11.9. The maximum Gasteiger partial charge on any atom is 0.358 e. The van der Waals surface area contributed by atoms with Crippen molar-refractivity contribution in [3.8, 4) is 0 Å². The van der Waals surface area contributed by atoms with E-state index in [0.29, 0.717) is 13.1 Å². The van der Waals surface area contributed by atoms with E-state index in [1.165, 1.54) is 4.68 Å². The zero-order valence-electron chi connectivity index (χ0n) is 10.5. The van der Waals surface area contributed by atoms with Crippen molar-refractivity contribution < 1.29 is 14.7 Å². The van der Waals surface area contributed by atoms with E-state index >= 15 is 0 Å². The van der Waals surface area contributed by atoms with Crippen LogP contribution in [0, 0.1) is 0 Å². The maximum absolute atomic E-state index is 11.9. The number of carbonyl (C=O) groups is 2. The molecule has 1 amide bonds. The van der Waals surface area contributed by atoms with Gasteiger partial charge < -0.3 is 15.7 Å². The predicted molar refractivity (Wildman–Crippen MR) is 62.8 cm³/mol. The van der Waals surface area contributed by atoms with E-state index in [1.807, 2.05) is 13.8 Å². The SMILES string of the molecule is CCN(CC)C(=O)Cn1nnc(C(=O)O)c1CN. The minimum Gasteiger partial charge on any atom is -0.476 e. The molecule has 1 heterocycles. The van der Waals surface area contributed by atoms with Crippen molar-refractivity contribution in [2.45, 2.75) is 26.9 Å². The third kappa shape index (κ3) is 2.83. The Kier molecular flexibility index (Phi) is 4.78. The molecule has 0 aliphatic rings. The molecule has 0 bridgehead atoms. The summed E-state index contributed by atoms with van der Waals surface area (Å²) in [5.74, 6) is -1.34. The molecule has 1 aromatic rings. The van der Waals surface area contributed by atoms with Gasteiger partial charge in [0.15, 0.2) is 5.69 Å². The second kappa shape index (κ2) is 6.10. The quantitative estimate of drug-likeness (QED) is 0.695. The smallest absolute Gasteiger partial charge is 0.358 e. The molecule has 0 aliphatic carbocycles. The number of nitrogens with two attached hydrogens (primary N) is 1. The molecular weight excluding hydrogens is 238 g/mol. The number of carbonyl (C=O) groups excluding carboxylic acids is 1. The van der Waals surface area contributed by atoms with Crippen molar-refractivity contribution in [2.24, 2.45) is 5.73 Å². The fourth-order valence-electron chi connectivity index (χ4n) is 1.63. The lowest BCUT2D eigenvalue weighted by Gasteiger charge is -2.18. The molecule has 0 spiro atoms. The summed E-state index contributed by atoms with van der Waals surface area (Å²) in [5, 5.41) is 16.0. The Balaban J connectivity index is 2.91. The average molecular weight is 255 g/mol. The summed E-state index contributed by atoms with van der Waals surface area (Å²) in [6, 6.07) is 0. The Morgan fingerprint density at radius 3 is 2.44 bits per heavy atom. The second-order valence-electron chi connectivity index (χ2n) is 3.62. The van der Waals surface area contributed by atoms with Gasteiger partial charge in [0.2, 0.25) is 5.91 Å². The number of hydrogen-bond acceptors (Lipinski definition) is 5. The van der Waals surface area contributed by atoms with Crippen molar-refractivity contribution in [3.05, 3.63) is 11.4 Å². The van der Waals surface area contributed by atoms with Gasteiger partial charge in [-0.2, -0.15) is 0 Å². The van der Waals surface area contributed by atoms with E-state index in [2.05, 4.69) is 10.3 Å². The zero-order valence-corrected chi connectivity index (χ0v) is 10.5. The molecule has 0 atom stereocenters.